The molecule has 0 saturated heterocycles. The fourth-order valence-electron chi connectivity index (χ4n) is 3.54. The first kappa shape index (κ1) is 17.2. The lowest BCUT2D eigenvalue weighted by atomic mass is 10.0. The molecule has 0 fully saturated rings. The van der Waals surface area contributed by atoms with E-state index in [0.29, 0.717) is 12.4 Å². The number of rotatable bonds is 5. The van der Waals surface area contributed by atoms with Gasteiger partial charge in [0.2, 0.25) is 5.91 Å². The normalized spacial score (nSPS) is 11.2. The van der Waals surface area contributed by atoms with E-state index in [4.69, 9.17) is 4.42 Å². The average molecular weight is 382 g/mol. The summed E-state index contributed by atoms with van der Waals surface area (Å²) in [5.41, 5.74) is 2.55. The van der Waals surface area contributed by atoms with Crippen LogP contribution in [0.3, 0.4) is 0 Å². The zero-order valence-corrected chi connectivity index (χ0v) is 15.6. The van der Waals surface area contributed by atoms with Gasteiger partial charge in [0.05, 0.1) is 24.9 Å². The Morgan fingerprint density at radius 3 is 2.83 bits per heavy atom. The third kappa shape index (κ3) is 3.48. The fraction of sp³-hybridized carbons (Fsp3) is 0.0870. The van der Waals surface area contributed by atoms with Gasteiger partial charge >= 0.3 is 0 Å². The molecule has 3 heterocycles. The van der Waals surface area contributed by atoms with Crippen LogP contribution in [-0.2, 0) is 17.8 Å². The van der Waals surface area contributed by atoms with Gasteiger partial charge < -0.3 is 9.73 Å². The highest BCUT2D eigenvalue weighted by atomic mass is 16.3. The summed E-state index contributed by atoms with van der Waals surface area (Å²) in [6, 6.07) is 19.6. The van der Waals surface area contributed by atoms with Crippen molar-refractivity contribution < 1.29 is 9.21 Å². The third-order valence-corrected chi connectivity index (χ3v) is 4.85. The number of nitrogens with one attached hydrogen (secondary N) is 1. The second kappa shape index (κ2) is 7.24. The zero-order chi connectivity index (χ0) is 19.6. The van der Waals surface area contributed by atoms with E-state index < -0.39 is 0 Å². The fourth-order valence-corrected chi connectivity index (χ4v) is 3.54. The molecule has 5 rings (SSSR count). The minimum absolute atomic E-state index is 0.135. The molecule has 2 aromatic carbocycles. The van der Waals surface area contributed by atoms with Gasteiger partial charge in [-0.25, -0.2) is 0 Å². The van der Waals surface area contributed by atoms with Crippen LogP contribution in [0.2, 0.25) is 0 Å². The Balaban J connectivity index is 1.33. The molecule has 0 aliphatic rings. The number of furan rings is 1. The second-order valence-electron chi connectivity index (χ2n) is 6.87. The van der Waals surface area contributed by atoms with Crippen molar-refractivity contribution in [3.05, 3.63) is 90.6 Å². The Kier molecular flexibility index (Phi) is 4.29. The summed E-state index contributed by atoms with van der Waals surface area (Å²) in [6.07, 6.45) is 5.45. The van der Waals surface area contributed by atoms with E-state index in [1.807, 2.05) is 54.7 Å². The first-order valence-corrected chi connectivity index (χ1v) is 9.37. The minimum Gasteiger partial charge on any atom is -0.464 e. The van der Waals surface area contributed by atoms with Crippen molar-refractivity contribution in [3.63, 3.8) is 0 Å². The van der Waals surface area contributed by atoms with Crippen LogP contribution in [0.25, 0.3) is 21.7 Å². The maximum atomic E-state index is 12.6. The molecule has 142 valence electrons. The van der Waals surface area contributed by atoms with Gasteiger partial charge in [-0.3, -0.25) is 14.5 Å². The Hall–Kier alpha value is -3.93. The molecule has 6 heteroatoms. The maximum Gasteiger partial charge on any atom is 0.230 e. The smallest absolute Gasteiger partial charge is 0.230 e. The van der Waals surface area contributed by atoms with E-state index in [1.165, 1.54) is 0 Å². The number of benzene rings is 2. The number of carbonyl (C=O) groups is 1. The molecule has 1 N–H and O–H groups in total. The third-order valence-electron chi connectivity index (χ3n) is 4.85. The molecule has 6 nitrogen and oxygen atoms in total. The molecule has 0 atom stereocenters. The number of anilines is 1. The standard InChI is InChI=1S/C23H18N4O2/c28-22(25-21-10-12-27(26-21)14-18-6-3-4-11-24-18)13-17-15-29-20-9-8-16-5-1-2-7-19(16)23(17)20/h1-12,15H,13-14H2,(H,25,26,28). The molecule has 5 aromatic rings. The van der Waals surface area contributed by atoms with Gasteiger partial charge in [0, 0.05) is 29.4 Å². The van der Waals surface area contributed by atoms with E-state index in [2.05, 4.69) is 21.5 Å². The molecule has 0 bridgehead atoms. The summed E-state index contributed by atoms with van der Waals surface area (Å²) in [5.74, 6) is 0.382. The maximum absolute atomic E-state index is 12.6. The molecule has 29 heavy (non-hydrogen) atoms. The Morgan fingerprint density at radius 2 is 1.93 bits per heavy atom. The van der Waals surface area contributed by atoms with Crippen LogP contribution in [0.15, 0.2) is 83.7 Å². The van der Waals surface area contributed by atoms with Crippen LogP contribution in [0.4, 0.5) is 5.82 Å². The van der Waals surface area contributed by atoms with Crippen LogP contribution in [0.5, 0.6) is 0 Å². The highest BCUT2D eigenvalue weighted by Gasteiger charge is 2.14. The molecule has 0 radical (unpaired) electrons. The van der Waals surface area contributed by atoms with Gasteiger partial charge in [0.1, 0.15) is 5.58 Å². The second-order valence-corrected chi connectivity index (χ2v) is 6.87. The number of hydrogen-bond donors (Lipinski definition) is 1. The summed E-state index contributed by atoms with van der Waals surface area (Å²) in [6.45, 7) is 0.551. The molecule has 0 aliphatic carbocycles. The molecular formula is C23H18N4O2. The van der Waals surface area contributed by atoms with E-state index in [1.54, 1.807) is 23.2 Å². The van der Waals surface area contributed by atoms with E-state index >= 15 is 0 Å². The van der Waals surface area contributed by atoms with Gasteiger partial charge in [0.25, 0.3) is 0 Å². The van der Waals surface area contributed by atoms with E-state index in [0.717, 1.165) is 33.0 Å². The number of nitrogens with zero attached hydrogens (tertiary/aromatic N) is 3. The van der Waals surface area contributed by atoms with Crippen LogP contribution >= 0.6 is 0 Å². The highest BCUT2D eigenvalue weighted by molar-refractivity contribution is 6.08. The van der Waals surface area contributed by atoms with Crippen molar-refractivity contribution in [2.24, 2.45) is 0 Å². The topological polar surface area (TPSA) is 73.0 Å². The Labute approximate surface area is 166 Å². The number of carbonyl (C=O) groups excluding carboxylic acids is 1. The van der Waals surface area contributed by atoms with Gasteiger partial charge in [-0.2, -0.15) is 5.10 Å². The summed E-state index contributed by atoms with van der Waals surface area (Å²) < 4.78 is 7.42. The largest absolute Gasteiger partial charge is 0.464 e. The predicted molar refractivity (Wildman–Crippen MR) is 112 cm³/mol. The number of hydrogen-bond acceptors (Lipinski definition) is 4. The van der Waals surface area contributed by atoms with Crippen molar-refractivity contribution in [1.29, 1.82) is 0 Å². The van der Waals surface area contributed by atoms with Crippen LogP contribution in [-0.4, -0.2) is 20.7 Å². The quantitative estimate of drug-likeness (QED) is 0.489. The number of aromatic nitrogens is 3. The SMILES string of the molecule is O=C(Cc1coc2ccc3ccccc3c12)Nc1ccn(Cc2ccccn2)n1. The summed E-state index contributed by atoms with van der Waals surface area (Å²) in [7, 11) is 0. The lowest BCUT2D eigenvalue weighted by Crippen LogP contribution is -2.15. The lowest BCUT2D eigenvalue weighted by molar-refractivity contribution is -0.115. The molecular weight excluding hydrogens is 364 g/mol. The Morgan fingerprint density at radius 1 is 1.03 bits per heavy atom. The van der Waals surface area contributed by atoms with Gasteiger partial charge in [-0.15, -0.1) is 0 Å². The zero-order valence-electron chi connectivity index (χ0n) is 15.6. The van der Waals surface area contributed by atoms with Gasteiger partial charge in [-0.05, 0) is 29.0 Å². The molecule has 0 spiro atoms. The number of amides is 1. The van der Waals surface area contributed by atoms with Crippen LogP contribution in [0, 0.1) is 0 Å². The van der Waals surface area contributed by atoms with Gasteiger partial charge in [0.15, 0.2) is 5.82 Å². The van der Waals surface area contributed by atoms with Crippen molar-refractivity contribution in [3.8, 4) is 0 Å². The lowest BCUT2D eigenvalue weighted by Gasteiger charge is -2.04. The monoisotopic (exact) mass is 382 g/mol. The first-order chi connectivity index (χ1) is 14.3. The van der Waals surface area contributed by atoms with Crippen molar-refractivity contribution in [1.82, 2.24) is 14.8 Å². The first-order valence-electron chi connectivity index (χ1n) is 9.37. The summed E-state index contributed by atoms with van der Waals surface area (Å²) in [4.78, 5) is 16.9. The highest BCUT2D eigenvalue weighted by Crippen LogP contribution is 2.30. The van der Waals surface area contributed by atoms with E-state index in [9.17, 15) is 4.79 Å². The van der Waals surface area contributed by atoms with Gasteiger partial charge in [-0.1, -0.05) is 36.4 Å². The molecule has 1 amide bonds. The molecule has 0 unspecified atom stereocenters. The molecule has 3 aromatic heterocycles. The number of fused-ring (bicyclic) bond motifs is 3. The van der Waals surface area contributed by atoms with Crippen molar-refractivity contribution >= 4 is 33.5 Å². The minimum atomic E-state index is -0.135. The summed E-state index contributed by atoms with van der Waals surface area (Å²) >= 11 is 0. The molecule has 0 saturated carbocycles. The van der Waals surface area contributed by atoms with Crippen molar-refractivity contribution in [2.45, 2.75) is 13.0 Å². The number of pyridine rings is 1. The van der Waals surface area contributed by atoms with E-state index in [-0.39, 0.29) is 12.3 Å². The average Bonchev–Trinajstić information content (AvgIpc) is 3.35. The summed E-state index contributed by atoms with van der Waals surface area (Å²) in [5, 5.41) is 10.5. The Bertz CT molecular complexity index is 1300. The predicted octanol–water partition coefficient (Wildman–Crippen LogP) is 4.41. The van der Waals surface area contributed by atoms with Crippen LogP contribution < -0.4 is 5.32 Å². The van der Waals surface area contributed by atoms with Crippen molar-refractivity contribution in [2.75, 3.05) is 5.32 Å². The molecule has 0 aliphatic heterocycles. The van der Waals surface area contributed by atoms with Crippen LogP contribution in [0.1, 0.15) is 11.3 Å².